The van der Waals surface area contributed by atoms with Gasteiger partial charge in [-0.05, 0) is 64.9 Å². The van der Waals surface area contributed by atoms with Gasteiger partial charge < -0.3 is 20.3 Å². The van der Waals surface area contributed by atoms with Crippen LogP contribution >= 0.6 is 11.8 Å². The third-order valence-electron chi connectivity index (χ3n) is 4.65. The van der Waals surface area contributed by atoms with Gasteiger partial charge in [-0.1, -0.05) is 36.4 Å². The fourth-order valence-electron chi connectivity index (χ4n) is 3.07. The summed E-state index contributed by atoms with van der Waals surface area (Å²) in [6.45, 7) is 0. The number of hydrogen-bond donors (Lipinski definition) is 2. The summed E-state index contributed by atoms with van der Waals surface area (Å²) in [4.78, 5) is 27.6. The first-order valence-electron chi connectivity index (χ1n) is 9.55. The Morgan fingerprint density at radius 2 is 1.73 bits per heavy atom. The number of halogens is 1. The van der Waals surface area contributed by atoms with Crippen LogP contribution in [0.2, 0.25) is 0 Å². The molecule has 1 aliphatic heterocycles. The third kappa shape index (κ3) is 6.33. The zero-order valence-electron chi connectivity index (χ0n) is 17.5. The van der Waals surface area contributed by atoms with Crippen molar-refractivity contribution in [1.82, 2.24) is 5.32 Å². The van der Waals surface area contributed by atoms with Crippen molar-refractivity contribution < 1.29 is 53.7 Å². The summed E-state index contributed by atoms with van der Waals surface area (Å²) in [7, 11) is 0. The van der Waals surface area contributed by atoms with Gasteiger partial charge in [0.2, 0.25) is 0 Å². The Balaban J connectivity index is 0.00000306. The van der Waals surface area contributed by atoms with E-state index in [-0.39, 0.29) is 53.2 Å². The second-order valence-corrected chi connectivity index (χ2v) is 8.01. The Morgan fingerprint density at radius 1 is 1.06 bits per heavy atom. The van der Waals surface area contributed by atoms with E-state index in [1.807, 2.05) is 0 Å². The van der Waals surface area contributed by atoms with E-state index in [2.05, 4.69) is 10.3 Å². The number of carboxylic acids is 1. The average Bonchev–Trinajstić information content (AvgIpc) is 3.10. The van der Waals surface area contributed by atoms with Gasteiger partial charge in [0, 0.05) is 18.0 Å². The van der Waals surface area contributed by atoms with Gasteiger partial charge in [-0.3, -0.25) is 4.79 Å². The molecule has 0 radical (unpaired) electrons. The SMILES string of the molecule is O=C([O-])Cc1ccc(N=C2NC(=O)C(=Cc3ccc(-c4ccc(O)cc4)cc3F)S2)cc1.[Na+]. The largest absolute Gasteiger partial charge is 1.00 e. The predicted octanol–water partition coefficient (Wildman–Crippen LogP) is 0.386. The molecule has 0 aromatic heterocycles. The first kappa shape index (κ1) is 24.7. The molecule has 1 saturated heterocycles. The summed E-state index contributed by atoms with van der Waals surface area (Å²) in [6, 6.07) is 17.7. The number of amides is 1. The Morgan fingerprint density at radius 3 is 2.36 bits per heavy atom. The van der Waals surface area contributed by atoms with Gasteiger partial charge in [-0.2, -0.15) is 0 Å². The number of thioether (sulfide) groups is 1. The number of amidine groups is 1. The molecule has 1 fully saturated rings. The molecule has 0 spiro atoms. The number of phenolic OH excluding ortho intramolecular Hbond substituents is 1. The fraction of sp³-hybridized carbons (Fsp3) is 0.0417. The number of aliphatic imine (C=N–C) groups is 1. The second-order valence-electron chi connectivity index (χ2n) is 6.98. The van der Waals surface area contributed by atoms with Crippen molar-refractivity contribution in [1.29, 1.82) is 0 Å². The second kappa shape index (κ2) is 10.8. The van der Waals surface area contributed by atoms with Crippen LogP contribution in [0, 0.1) is 5.82 Å². The number of carbonyl (C=O) groups is 2. The zero-order valence-corrected chi connectivity index (χ0v) is 20.4. The Hall–Kier alpha value is -2.91. The van der Waals surface area contributed by atoms with Crippen LogP contribution in [-0.2, 0) is 16.0 Å². The van der Waals surface area contributed by atoms with Gasteiger partial charge in [-0.25, -0.2) is 9.38 Å². The van der Waals surface area contributed by atoms with Gasteiger partial charge in [0.05, 0.1) is 10.6 Å². The molecule has 160 valence electrons. The van der Waals surface area contributed by atoms with E-state index in [0.717, 1.165) is 17.3 Å². The van der Waals surface area contributed by atoms with Crippen LogP contribution in [-0.4, -0.2) is 22.2 Å². The number of aliphatic carboxylic acids is 1. The molecule has 3 aromatic carbocycles. The van der Waals surface area contributed by atoms with E-state index < -0.39 is 11.8 Å². The maximum Gasteiger partial charge on any atom is 1.00 e. The van der Waals surface area contributed by atoms with Gasteiger partial charge in [0.25, 0.3) is 5.91 Å². The number of benzene rings is 3. The molecule has 0 bridgehead atoms. The molecule has 0 unspecified atom stereocenters. The number of carbonyl (C=O) groups excluding carboxylic acids is 2. The van der Waals surface area contributed by atoms with Crippen LogP contribution in [0.25, 0.3) is 17.2 Å². The Labute approximate surface area is 215 Å². The van der Waals surface area contributed by atoms with Crippen LogP contribution in [0.1, 0.15) is 11.1 Å². The summed E-state index contributed by atoms with van der Waals surface area (Å²) in [5.74, 6) is -1.90. The molecule has 1 aliphatic rings. The first-order chi connectivity index (χ1) is 15.4. The van der Waals surface area contributed by atoms with E-state index in [1.54, 1.807) is 48.5 Å². The van der Waals surface area contributed by atoms with E-state index in [4.69, 9.17) is 0 Å². The van der Waals surface area contributed by atoms with Gasteiger partial charge >= 0.3 is 29.6 Å². The number of nitrogens with zero attached hydrogens (tertiary/aromatic N) is 1. The molecular weight excluding hydrogens is 454 g/mol. The average molecular weight is 470 g/mol. The van der Waals surface area contributed by atoms with Crippen LogP contribution < -0.4 is 40.0 Å². The molecule has 33 heavy (non-hydrogen) atoms. The van der Waals surface area contributed by atoms with Crippen molar-refractivity contribution in [2.45, 2.75) is 6.42 Å². The van der Waals surface area contributed by atoms with Crippen LogP contribution in [0.3, 0.4) is 0 Å². The van der Waals surface area contributed by atoms with E-state index >= 15 is 0 Å². The van der Waals surface area contributed by atoms with Crippen molar-refractivity contribution >= 4 is 40.6 Å². The van der Waals surface area contributed by atoms with Crippen molar-refractivity contribution in [2.24, 2.45) is 4.99 Å². The van der Waals surface area contributed by atoms with Gasteiger partial charge in [0.15, 0.2) is 5.17 Å². The van der Waals surface area contributed by atoms with Gasteiger partial charge in [0.1, 0.15) is 11.6 Å². The molecule has 2 N–H and O–H groups in total. The molecule has 0 saturated carbocycles. The van der Waals surface area contributed by atoms with Crippen LogP contribution in [0.4, 0.5) is 10.1 Å². The molecular formula is C24H16FN2NaO4S. The third-order valence-corrected chi connectivity index (χ3v) is 5.56. The molecule has 1 amide bonds. The number of nitrogens with one attached hydrogen (secondary N) is 1. The minimum atomic E-state index is -1.17. The Bertz CT molecular complexity index is 1260. The van der Waals surface area contributed by atoms with E-state index in [9.17, 15) is 24.2 Å². The summed E-state index contributed by atoms with van der Waals surface area (Å²) >= 11 is 1.09. The van der Waals surface area contributed by atoms with Gasteiger partial charge in [-0.15, -0.1) is 0 Å². The number of carboxylic acid groups (broad SMARTS) is 1. The summed E-state index contributed by atoms with van der Waals surface area (Å²) in [5, 5.41) is 23.0. The maximum absolute atomic E-state index is 14.7. The minimum absolute atomic E-state index is 0. The number of aromatic hydroxyl groups is 1. The number of hydrogen-bond acceptors (Lipinski definition) is 6. The van der Waals surface area contributed by atoms with Crippen LogP contribution in [0.5, 0.6) is 5.75 Å². The molecule has 0 atom stereocenters. The monoisotopic (exact) mass is 470 g/mol. The number of phenols is 1. The topological polar surface area (TPSA) is 102 Å². The first-order valence-corrected chi connectivity index (χ1v) is 10.4. The van der Waals surface area contributed by atoms with E-state index in [1.165, 1.54) is 24.3 Å². The minimum Gasteiger partial charge on any atom is -0.550 e. The molecule has 4 rings (SSSR count). The summed E-state index contributed by atoms with van der Waals surface area (Å²) in [5.41, 5.74) is 2.80. The normalized spacial score (nSPS) is 15.4. The molecule has 9 heteroatoms. The quantitative estimate of drug-likeness (QED) is 0.415. The van der Waals surface area contributed by atoms with Crippen LogP contribution in [0.15, 0.2) is 76.6 Å². The Kier molecular flexibility index (Phi) is 8.10. The van der Waals surface area contributed by atoms with Crippen molar-refractivity contribution in [3.63, 3.8) is 0 Å². The van der Waals surface area contributed by atoms with Crippen molar-refractivity contribution in [3.8, 4) is 16.9 Å². The molecule has 0 aliphatic carbocycles. The predicted molar refractivity (Wildman–Crippen MR) is 119 cm³/mol. The van der Waals surface area contributed by atoms with E-state index in [0.29, 0.717) is 26.9 Å². The standard InChI is InChI=1S/C24H17FN2O4S.Na/c25-20-12-16(15-5-9-19(28)10-6-15)3-4-17(20)13-21-23(31)27-24(32-21)26-18-7-1-14(2-8-18)11-22(29)30;/h1-10,12-13,28H,11H2,(H,29,30)(H,26,27,31);/q;+1/p-1. The number of rotatable bonds is 5. The maximum atomic E-state index is 14.7. The van der Waals surface area contributed by atoms with Crippen molar-refractivity contribution in [3.05, 3.63) is 88.6 Å². The zero-order chi connectivity index (χ0) is 22.7. The molecule has 3 aromatic rings. The van der Waals surface area contributed by atoms with Crippen molar-refractivity contribution in [2.75, 3.05) is 0 Å². The fourth-order valence-corrected chi connectivity index (χ4v) is 3.90. The molecule has 1 heterocycles. The summed E-state index contributed by atoms with van der Waals surface area (Å²) < 4.78 is 14.7. The smallest absolute Gasteiger partial charge is 0.550 e. The molecule has 6 nitrogen and oxygen atoms in total. The summed E-state index contributed by atoms with van der Waals surface area (Å²) in [6.07, 6.45) is 1.27.